The first-order valence-electron chi connectivity index (χ1n) is 9.13. The standard InChI is InChI=1S/C22H16N4O3/c1-22(19-10-14-6-2-3-8-18(14)29-19)20(27)26(21(28)24-22)13-15-12-25-9-5-4-7-17(25)16(15)11-23/h2-10,12H,13H2,1H3,(H,24,28). The second-order valence-corrected chi connectivity index (χ2v) is 7.23. The predicted molar refractivity (Wildman–Crippen MR) is 105 cm³/mol. The minimum atomic E-state index is -1.30. The fourth-order valence-corrected chi connectivity index (χ4v) is 3.83. The first-order chi connectivity index (χ1) is 14.0. The van der Waals surface area contributed by atoms with Crippen LogP contribution >= 0.6 is 0 Å². The van der Waals surface area contributed by atoms with Crippen LogP contribution in [0.15, 0.2) is 65.3 Å². The minimum Gasteiger partial charge on any atom is -0.458 e. The third-order valence-electron chi connectivity index (χ3n) is 5.40. The monoisotopic (exact) mass is 384 g/mol. The number of pyridine rings is 1. The van der Waals surface area contributed by atoms with Crippen molar-refractivity contribution in [3.63, 3.8) is 0 Å². The second-order valence-electron chi connectivity index (χ2n) is 7.23. The van der Waals surface area contributed by atoms with E-state index in [2.05, 4.69) is 11.4 Å². The smallest absolute Gasteiger partial charge is 0.325 e. The minimum absolute atomic E-state index is 0.00502. The summed E-state index contributed by atoms with van der Waals surface area (Å²) in [6.45, 7) is 1.64. The second kappa shape index (κ2) is 5.97. The molecule has 4 aromatic rings. The molecule has 1 aromatic carbocycles. The van der Waals surface area contributed by atoms with Crippen LogP contribution in [0.25, 0.3) is 16.5 Å². The van der Waals surface area contributed by atoms with Gasteiger partial charge in [0.05, 0.1) is 17.6 Å². The molecule has 3 amide bonds. The molecule has 7 heteroatoms. The predicted octanol–water partition coefficient (Wildman–Crippen LogP) is 3.52. The molecule has 1 N–H and O–H groups in total. The average Bonchev–Trinajstić information content (AvgIpc) is 3.37. The molecular weight excluding hydrogens is 368 g/mol. The molecule has 0 radical (unpaired) electrons. The van der Waals surface area contributed by atoms with Crippen molar-refractivity contribution in [1.29, 1.82) is 5.26 Å². The number of rotatable bonds is 3. The maximum Gasteiger partial charge on any atom is 0.325 e. The number of carbonyl (C=O) groups is 2. The number of urea groups is 1. The summed E-state index contributed by atoms with van der Waals surface area (Å²) >= 11 is 0. The van der Waals surface area contributed by atoms with Crippen LogP contribution < -0.4 is 5.32 Å². The molecule has 4 heterocycles. The van der Waals surface area contributed by atoms with Gasteiger partial charge in [0.15, 0.2) is 5.54 Å². The normalized spacial score (nSPS) is 19.1. The summed E-state index contributed by atoms with van der Waals surface area (Å²) in [4.78, 5) is 27.0. The molecule has 29 heavy (non-hydrogen) atoms. The van der Waals surface area contributed by atoms with E-state index in [0.29, 0.717) is 22.5 Å². The highest BCUT2D eigenvalue weighted by Gasteiger charge is 2.51. The van der Waals surface area contributed by atoms with E-state index in [9.17, 15) is 14.9 Å². The van der Waals surface area contributed by atoms with Crippen LogP contribution in [0.5, 0.6) is 0 Å². The lowest BCUT2D eigenvalue weighted by molar-refractivity contribution is -0.132. The van der Waals surface area contributed by atoms with Crippen LogP contribution in [-0.2, 0) is 16.9 Å². The van der Waals surface area contributed by atoms with Gasteiger partial charge in [0.25, 0.3) is 5.91 Å². The Balaban J connectivity index is 1.52. The topological polar surface area (TPSA) is 90.8 Å². The number of aromatic nitrogens is 1. The Labute approximate surface area is 165 Å². The molecule has 7 nitrogen and oxygen atoms in total. The molecule has 0 bridgehead atoms. The first-order valence-corrected chi connectivity index (χ1v) is 9.13. The summed E-state index contributed by atoms with van der Waals surface area (Å²) in [6.07, 6.45) is 3.59. The lowest BCUT2D eigenvalue weighted by Crippen LogP contribution is -2.40. The SMILES string of the molecule is CC1(c2cc3ccccc3o2)NC(=O)N(Cc2cn3ccccc3c2C#N)C1=O. The van der Waals surface area contributed by atoms with Crippen LogP contribution in [0.3, 0.4) is 0 Å². The lowest BCUT2D eigenvalue weighted by atomic mass is 9.98. The van der Waals surface area contributed by atoms with Crippen molar-refractivity contribution in [1.82, 2.24) is 14.6 Å². The van der Waals surface area contributed by atoms with Crippen molar-refractivity contribution >= 4 is 28.4 Å². The highest BCUT2D eigenvalue weighted by molar-refractivity contribution is 6.07. The van der Waals surface area contributed by atoms with Crippen LogP contribution in [0.1, 0.15) is 23.8 Å². The molecule has 0 spiro atoms. The number of fused-ring (bicyclic) bond motifs is 2. The molecule has 0 aliphatic carbocycles. The molecule has 1 fully saturated rings. The number of nitriles is 1. The Morgan fingerprint density at radius 3 is 2.76 bits per heavy atom. The van der Waals surface area contributed by atoms with Crippen molar-refractivity contribution in [2.24, 2.45) is 0 Å². The zero-order chi connectivity index (χ0) is 20.2. The Kier molecular flexibility index (Phi) is 3.52. The van der Waals surface area contributed by atoms with Gasteiger partial charge in [0, 0.05) is 23.3 Å². The summed E-state index contributed by atoms with van der Waals surface area (Å²) < 4.78 is 7.66. The Bertz CT molecular complexity index is 1310. The molecule has 1 atom stereocenters. The molecular formula is C22H16N4O3. The number of nitrogens with one attached hydrogen (secondary N) is 1. The summed E-state index contributed by atoms with van der Waals surface area (Å²) in [5.74, 6) is -0.0391. The van der Waals surface area contributed by atoms with Gasteiger partial charge >= 0.3 is 6.03 Å². The van der Waals surface area contributed by atoms with Crippen LogP contribution in [0.4, 0.5) is 4.79 Å². The van der Waals surface area contributed by atoms with E-state index in [1.807, 2.05) is 53.1 Å². The number of hydrogen-bond donors (Lipinski definition) is 1. The van der Waals surface area contributed by atoms with Crippen LogP contribution in [0.2, 0.25) is 0 Å². The first kappa shape index (κ1) is 17.1. The van der Waals surface area contributed by atoms with Crippen LogP contribution in [-0.4, -0.2) is 21.2 Å². The van der Waals surface area contributed by atoms with Crippen molar-refractivity contribution in [2.75, 3.05) is 0 Å². The molecule has 1 aliphatic heterocycles. The van der Waals surface area contributed by atoms with Gasteiger partial charge in [-0.15, -0.1) is 0 Å². The largest absolute Gasteiger partial charge is 0.458 e. The quantitative estimate of drug-likeness (QED) is 0.547. The van der Waals surface area contributed by atoms with Gasteiger partial charge in [-0.1, -0.05) is 24.3 Å². The Morgan fingerprint density at radius 1 is 1.17 bits per heavy atom. The summed E-state index contributed by atoms with van der Waals surface area (Å²) in [5, 5.41) is 13.2. The van der Waals surface area contributed by atoms with Gasteiger partial charge in [0.1, 0.15) is 17.4 Å². The molecule has 1 aliphatic rings. The highest BCUT2D eigenvalue weighted by Crippen LogP contribution is 2.34. The molecule has 142 valence electrons. The summed E-state index contributed by atoms with van der Waals surface area (Å²) in [5.41, 5.74) is 1.13. The van der Waals surface area contributed by atoms with E-state index in [4.69, 9.17) is 4.42 Å². The molecule has 1 saturated heterocycles. The van der Waals surface area contributed by atoms with E-state index in [0.717, 1.165) is 15.8 Å². The number of furan rings is 1. The number of nitrogens with zero attached hydrogens (tertiary/aromatic N) is 3. The zero-order valence-corrected chi connectivity index (χ0v) is 15.5. The zero-order valence-electron chi connectivity index (χ0n) is 15.5. The number of imide groups is 1. The third kappa shape index (κ3) is 2.43. The maximum absolute atomic E-state index is 13.2. The van der Waals surface area contributed by atoms with E-state index in [1.165, 1.54) is 0 Å². The fraction of sp³-hybridized carbons (Fsp3) is 0.136. The molecule has 3 aromatic heterocycles. The highest BCUT2D eigenvalue weighted by atomic mass is 16.3. The van der Waals surface area contributed by atoms with Crippen molar-refractivity contribution in [3.05, 3.63) is 77.8 Å². The van der Waals surface area contributed by atoms with Crippen LogP contribution in [0, 0.1) is 11.3 Å². The summed E-state index contributed by atoms with van der Waals surface area (Å²) in [6, 6.07) is 16.4. The van der Waals surface area contributed by atoms with Gasteiger partial charge in [-0.2, -0.15) is 5.26 Å². The number of carbonyl (C=O) groups excluding carboxylic acids is 2. The Morgan fingerprint density at radius 2 is 1.97 bits per heavy atom. The van der Waals surface area contributed by atoms with Crippen molar-refractivity contribution in [2.45, 2.75) is 19.0 Å². The Hall–Kier alpha value is -4.05. The van der Waals surface area contributed by atoms with Gasteiger partial charge in [-0.3, -0.25) is 9.69 Å². The van der Waals surface area contributed by atoms with E-state index in [-0.39, 0.29) is 6.54 Å². The van der Waals surface area contributed by atoms with Gasteiger partial charge < -0.3 is 14.1 Å². The van der Waals surface area contributed by atoms with Gasteiger partial charge in [-0.05, 0) is 31.2 Å². The average molecular weight is 384 g/mol. The number of amides is 3. The number of para-hydroxylation sites is 1. The van der Waals surface area contributed by atoms with E-state index in [1.54, 1.807) is 19.2 Å². The lowest BCUT2D eigenvalue weighted by Gasteiger charge is -2.18. The van der Waals surface area contributed by atoms with E-state index >= 15 is 0 Å². The third-order valence-corrected chi connectivity index (χ3v) is 5.40. The van der Waals surface area contributed by atoms with E-state index < -0.39 is 17.5 Å². The van der Waals surface area contributed by atoms with Gasteiger partial charge in [0.2, 0.25) is 0 Å². The van der Waals surface area contributed by atoms with Gasteiger partial charge in [-0.25, -0.2) is 4.79 Å². The van der Waals surface area contributed by atoms with Crippen molar-refractivity contribution in [3.8, 4) is 6.07 Å². The molecule has 5 rings (SSSR count). The maximum atomic E-state index is 13.2. The molecule has 1 unspecified atom stereocenters. The van der Waals surface area contributed by atoms with Crippen molar-refractivity contribution < 1.29 is 14.0 Å². The fourth-order valence-electron chi connectivity index (χ4n) is 3.83. The molecule has 0 saturated carbocycles. The number of benzene rings is 1. The summed E-state index contributed by atoms with van der Waals surface area (Å²) in [7, 11) is 0. The number of hydrogen-bond acceptors (Lipinski definition) is 4.